The van der Waals surface area contributed by atoms with Crippen LogP contribution >= 0.6 is 12.4 Å². The fourth-order valence-electron chi connectivity index (χ4n) is 2.22. The number of amides is 1. The number of nitrogens with two attached hydrogens (primary N) is 1. The van der Waals surface area contributed by atoms with Crippen LogP contribution in [0.4, 0.5) is 0 Å². The van der Waals surface area contributed by atoms with Crippen molar-refractivity contribution in [2.75, 3.05) is 14.2 Å². The van der Waals surface area contributed by atoms with E-state index in [0.29, 0.717) is 29.3 Å². The number of nitrogens with one attached hydrogen (secondary N) is 1. The number of methoxy groups -OCH3 is 2. The molecule has 24 heavy (non-hydrogen) atoms. The van der Waals surface area contributed by atoms with E-state index in [9.17, 15) is 4.79 Å². The lowest BCUT2D eigenvalue weighted by Gasteiger charge is -2.16. The van der Waals surface area contributed by atoms with Gasteiger partial charge in [0.1, 0.15) is 0 Å². The second kappa shape index (κ2) is 9.10. The molecule has 7 heteroatoms. The summed E-state index contributed by atoms with van der Waals surface area (Å²) in [6, 6.07) is 8.73. The van der Waals surface area contributed by atoms with E-state index in [-0.39, 0.29) is 24.4 Å². The maximum atomic E-state index is 12.3. The summed E-state index contributed by atoms with van der Waals surface area (Å²) in [6.07, 6.45) is 1.58. The normalized spacial score (nSPS) is 11.2. The number of carbonyl (C=O) groups is 1. The first-order chi connectivity index (χ1) is 11.1. The van der Waals surface area contributed by atoms with Crippen molar-refractivity contribution in [1.29, 1.82) is 0 Å². The van der Waals surface area contributed by atoms with Gasteiger partial charge in [0.2, 0.25) is 0 Å². The zero-order valence-electron chi connectivity index (χ0n) is 13.9. The molecule has 0 saturated heterocycles. The van der Waals surface area contributed by atoms with Crippen molar-refractivity contribution in [2.45, 2.75) is 19.5 Å². The fraction of sp³-hybridized carbons (Fsp3) is 0.294. The fourth-order valence-corrected chi connectivity index (χ4v) is 2.22. The van der Waals surface area contributed by atoms with E-state index in [2.05, 4.69) is 10.3 Å². The zero-order valence-corrected chi connectivity index (χ0v) is 14.7. The summed E-state index contributed by atoms with van der Waals surface area (Å²) in [7, 11) is 3.16. The molecule has 1 unspecified atom stereocenters. The van der Waals surface area contributed by atoms with Gasteiger partial charge in [-0.3, -0.25) is 9.78 Å². The van der Waals surface area contributed by atoms with Gasteiger partial charge in [-0.1, -0.05) is 6.07 Å². The molecular weight excluding hydrogens is 330 g/mol. The van der Waals surface area contributed by atoms with Gasteiger partial charge < -0.3 is 20.5 Å². The number of rotatable bonds is 6. The Morgan fingerprint density at radius 3 is 2.54 bits per heavy atom. The first-order valence-electron chi connectivity index (χ1n) is 7.26. The van der Waals surface area contributed by atoms with E-state index in [0.717, 1.165) is 5.56 Å². The number of aromatic nitrogens is 1. The molecule has 0 aliphatic heterocycles. The second-order valence-corrected chi connectivity index (χ2v) is 5.05. The van der Waals surface area contributed by atoms with Crippen LogP contribution in [0.25, 0.3) is 0 Å². The van der Waals surface area contributed by atoms with Gasteiger partial charge >= 0.3 is 0 Å². The third kappa shape index (κ3) is 4.59. The van der Waals surface area contributed by atoms with Crippen molar-refractivity contribution in [3.8, 4) is 11.5 Å². The van der Waals surface area contributed by atoms with Crippen molar-refractivity contribution in [3.63, 3.8) is 0 Å². The Kier molecular flexibility index (Phi) is 7.48. The van der Waals surface area contributed by atoms with E-state index in [1.54, 1.807) is 32.5 Å². The Balaban J connectivity index is 0.00000288. The Morgan fingerprint density at radius 1 is 1.21 bits per heavy atom. The molecule has 3 N–H and O–H groups in total. The average molecular weight is 352 g/mol. The number of nitrogens with zero attached hydrogens (tertiary/aromatic N) is 1. The van der Waals surface area contributed by atoms with Gasteiger partial charge in [-0.25, -0.2) is 0 Å². The maximum Gasteiger partial charge on any atom is 0.251 e. The first-order valence-corrected chi connectivity index (χ1v) is 7.26. The molecule has 1 aromatic carbocycles. The molecule has 0 saturated carbocycles. The van der Waals surface area contributed by atoms with Crippen LogP contribution in [0.1, 0.15) is 34.6 Å². The lowest BCUT2D eigenvalue weighted by Crippen LogP contribution is -2.26. The smallest absolute Gasteiger partial charge is 0.251 e. The molecular formula is C17H22ClN3O3. The predicted molar refractivity (Wildman–Crippen MR) is 94.8 cm³/mol. The van der Waals surface area contributed by atoms with Crippen LogP contribution in [-0.4, -0.2) is 25.1 Å². The van der Waals surface area contributed by atoms with Crippen LogP contribution in [0, 0.1) is 0 Å². The highest BCUT2D eigenvalue weighted by Crippen LogP contribution is 2.29. The highest BCUT2D eigenvalue weighted by molar-refractivity contribution is 5.94. The summed E-state index contributed by atoms with van der Waals surface area (Å²) < 4.78 is 10.5. The third-order valence-electron chi connectivity index (χ3n) is 3.54. The first kappa shape index (κ1) is 19.7. The van der Waals surface area contributed by atoms with Crippen LogP contribution in [0.3, 0.4) is 0 Å². The molecule has 1 atom stereocenters. The van der Waals surface area contributed by atoms with Gasteiger partial charge in [-0.05, 0) is 36.8 Å². The molecule has 0 spiro atoms. The average Bonchev–Trinajstić information content (AvgIpc) is 2.60. The van der Waals surface area contributed by atoms with Gasteiger partial charge in [0.05, 0.1) is 26.0 Å². The zero-order chi connectivity index (χ0) is 16.8. The SMILES string of the molecule is COc1ccc(C(C)NC(=O)c2ccnc(CN)c2)cc1OC.Cl. The van der Waals surface area contributed by atoms with Crippen molar-refractivity contribution >= 4 is 18.3 Å². The topological polar surface area (TPSA) is 86.5 Å². The summed E-state index contributed by atoms with van der Waals surface area (Å²) in [5, 5.41) is 2.95. The molecule has 2 aromatic rings. The van der Waals surface area contributed by atoms with Crippen LogP contribution in [0.5, 0.6) is 11.5 Å². The molecule has 0 radical (unpaired) electrons. The molecule has 2 rings (SSSR count). The molecule has 0 aliphatic rings. The van der Waals surface area contributed by atoms with E-state index >= 15 is 0 Å². The summed E-state index contributed by atoms with van der Waals surface area (Å²) >= 11 is 0. The van der Waals surface area contributed by atoms with Gasteiger partial charge in [0.25, 0.3) is 5.91 Å². The van der Waals surface area contributed by atoms with Crippen molar-refractivity contribution in [3.05, 3.63) is 53.3 Å². The van der Waals surface area contributed by atoms with Crippen LogP contribution in [-0.2, 0) is 6.54 Å². The minimum absolute atomic E-state index is 0. The van der Waals surface area contributed by atoms with E-state index < -0.39 is 0 Å². The number of ether oxygens (including phenoxy) is 2. The van der Waals surface area contributed by atoms with E-state index in [1.165, 1.54) is 0 Å². The third-order valence-corrected chi connectivity index (χ3v) is 3.54. The van der Waals surface area contributed by atoms with Crippen molar-refractivity contribution < 1.29 is 14.3 Å². The molecule has 1 amide bonds. The largest absolute Gasteiger partial charge is 0.493 e. The Hall–Kier alpha value is -2.31. The van der Waals surface area contributed by atoms with Gasteiger partial charge in [-0.2, -0.15) is 0 Å². The maximum absolute atomic E-state index is 12.3. The lowest BCUT2D eigenvalue weighted by molar-refractivity contribution is 0.0939. The molecule has 130 valence electrons. The van der Waals surface area contributed by atoms with Gasteiger partial charge in [0.15, 0.2) is 11.5 Å². The molecule has 0 aliphatic carbocycles. The number of halogens is 1. The minimum atomic E-state index is -0.184. The molecule has 1 heterocycles. The standard InChI is InChI=1S/C17H21N3O3.ClH/c1-11(12-4-5-15(22-2)16(9-12)23-3)20-17(21)13-6-7-19-14(8-13)10-18;/h4-9,11H,10,18H2,1-3H3,(H,20,21);1H. The van der Waals surface area contributed by atoms with Crippen LogP contribution in [0.2, 0.25) is 0 Å². The molecule has 0 bridgehead atoms. The Bertz CT molecular complexity index is 695. The molecule has 0 fully saturated rings. The second-order valence-electron chi connectivity index (χ2n) is 5.05. The number of carbonyl (C=O) groups excluding carboxylic acids is 1. The van der Waals surface area contributed by atoms with E-state index in [1.807, 2.05) is 25.1 Å². The number of pyridine rings is 1. The Labute approximate surface area is 147 Å². The quantitative estimate of drug-likeness (QED) is 0.834. The van der Waals surface area contributed by atoms with Gasteiger partial charge in [-0.15, -0.1) is 12.4 Å². The minimum Gasteiger partial charge on any atom is -0.493 e. The monoisotopic (exact) mass is 351 g/mol. The molecule has 6 nitrogen and oxygen atoms in total. The highest BCUT2D eigenvalue weighted by atomic mass is 35.5. The molecule has 1 aromatic heterocycles. The predicted octanol–water partition coefficient (Wildman–Crippen LogP) is 2.47. The summed E-state index contributed by atoms with van der Waals surface area (Å²) in [5.74, 6) is 1.10. The lowest BCUT2D eigenvalue weighted by atomic mass is 10.1. The van der Waals surface area contributed by atoms with E-state index in [4.69, 9.17) is 15.2 Å². The van der Waals surface area contributed by atoms with Crippen molar-refractivity contribution in [2.24, 2.45) is 5.73 Å². The summed E-state index contributed by atoms with van der Waals surface area (Å²) in [4.78, 5) is 16.4. The van der Waals surface area contributed by atoms with Crippen LogP contribution in [0.15, 0.2) is 36.5 Å². The van der Waals surface area contributed by atoms with Gasteiger partial charge in [0, 0.05) is 18.3 Å². The highest BCUT2D eigenvalue weighted by Gasteiger charge is 2.14. The van der Waals surface area contributed by atoms with Crippen molar-refractivity contribution in [1.82, 2.24) is 10.3 Å². The summed E-state index contributed by atoms with van der Waals surface area (Å²) in [5.41, 5.74) is 7.68. The number of hydrogen-bond donors (Lipinski definition) is 2. The van der Waals surface area contributed by atoms with Crippen LogP contribution < -0.4 is 20.5 Å². The Morgan fingerprint density at radius 2 is 1.92 bits per heavy atom. The summed E-state index contributed by atoms with van der Waals surface area (Å²) in [6.45, 7) is 2.20. The number of benzene rings is 1. The number of hydrogen-bond acceptors (Lipinski definition) is 5.